The SMILES string of the molecule is COc1cc2cc(C3OC3CCCNC(=O)OC(C)(C)C)c3cc(OC)c(OC)cc3c2cc1OC. The summed E-state index contributed by atoms with van der Waals surface area (Å²) in [6.45, 7) is 6.07. The van der Waals surface area contributed by atoms with Crippen molar-refractivity contribution in [3.05, 3.63) is 35.9 Å². The smallest absolute Gasteiger partial charge is 0.407 e. The summed E-state index contributed by atoms with van der Waals surface area (Å²) in [5.74, 6) is 2.63. The molecule has 1 heterocycles. The summed E-state index contributed by atoms with van der Waals surface area (Å²) < 4.78 is 33.7. The van der Waals surface area contributed by atoms with E-state index in [9.17, 15) is 4.79 Å². The van der Waals surface area contributed by atoms with Gasteiger partial charge in [0.15, 0.2) is 23.0 Å². The van der Waals surface area contributed by atoms with E-state index in [4.69, 9.17) is 28.4 Å². The van der Waals surface area contributed by atoms with E-state index in [2.05, 4.69) is 11.4 Å². The van der Waals surface area contributed by atoms with Crippen LogP contribution < -0.4 is 24.3 Å². The number of fused-ring (bicyclic) bond motifs is 3. The minimum Gasteiger partial charge on any atom is -0.493 e. The first-order valence-electron chi connectivity index (χ1n) is 12.1. The molecule has 0 radical (unpaired) electrons. The van der Waals surface area contributed by atoms with Crippen LogP contribution in [0.25, 0.3) is 21.5 Å². The fourth-order valence-electron chi connectivity index (χ4n) is 4.51. The van der Waals surface area contributed by atoms with E-state index in [0.29, 0.717) is 29.5 Å². The summed E-state index contributed by atoms with van der Waals surface area (Å²) in [6, 6.07) is 10.1. The lowest BCUT2D eigenvalue weighted by molar-refractivity contribution is 0.0526. The molecule has 36 heavy (non-hydrogen) atoms. The molecule has 0 bridgehead atoms. The quantitative estimate of drug-likeness (QED) is 0.228. The lowest BCUT2D eigenvalue weighted by Gasteiger charge is -2.19. The van der Waals surface area contributed by atoms with E-state index in [0.717, 1.165) is 39.9 Å². The van der Waals surface area contributed by atoms with Crippen molar-refractivity contribution in [2.75, 3.05) is 35.0 Å². The van der Waals surface area contributed by atoms with Gasteiger partial charge in [-0.25, -0.2) is 4.79 Å². The van der Waals surface area contributed by atoms with Crippen molar-refractivity contribution in [3.8, 4) is 23.0 Å². The summed E-state index contributed by atoms with van der Waals surface area (Å²) in [4.78, 5) is 11.9. The van der Waals surface area contributed by atoms with Gasteiger partial charge < -0.3 is 33.7 Å². The number of carbonyl (C=O) groups excluding carboxylic acids is 1. The Morgan fingerprint density at radius 1 is 0.833 bits per heavy atom. The number of benzene rings is 3. The molecule has 0 saturated carbocycles. The maximum Gasteiger partial charge on any atom is 0.407 e. The zero-order valence-corrected chi connectivity index (χ0v) is 22.0. The molecule has 1 aliphatic rings. The molecule has 1 N–H and O–H groups in total. The van der Waals surface area contributed by atoms with Gasteiger partial charge in [-0.05, 0) is 91.1 Å². The van der Waals surface area contributed by atoms with Gasteiger partial charge in [-0.3, -0.25) is 0 Å². The van der Waals surface area contributed by atoms with Gasteiger partial charge in [-0.15, -0.1) is 0 Å². The minimum atomic E-state index is -0.512. The van der Waals surface area contributed by atoms with Crippen LogP contribution in [-0.4, -0.2) is 52.8 Å². The van der Waals surface area contributed by atoms with Crippen LogP contribution in [-0.2, 0) is 9.47 Å². The summed E-state index contributed by atoms with van der Waals surface area (Å²) in [5, 5.41) is 6.90. The van der Waals surface area contributed by atoms with Crippen molar-refractivity contribution in [3.63, 3.8) is 0 Å². The van der Waals surface area contributed by atoms with Gasteiger partial charge in [0.25, 0.3) is 0 Å². The molecule has 1 saturated heterocycles. The lowest BCUT2D eigenvalue weighted by atomic mass is 9.93. The molecule has 3 aromatic rings. The van der Waals surface area contributed by atoms with Gasteiger partial charge in [0.1, 0.15) is 11.7 Å². The van der Waals surface area contributed by atoms with Crippen LogP contribution in [0.4, 0.5) is 4.79 Å². The highest BCUT2D eigenvalue weighted by Crippen LogP contribution is 2.48. The summed E-state index contributed by atoms with van der Waals surface area (Å²) in [5.41, 5.74) is 0.568. The molecule has 3 aromatic carbocycles. The molecule has 0 spiro atoms. The summed E-state index contributed by atoms with van der Waals surface area (Å²) in [7, 11) is 6.52. The Balaban J connectivity index is 1.62. The second kappa shape index (κ2) is 10.3. The molecule has 194 valence electrons. The van der Waals surface area contributed by atoms with Crippen LogP contribution in [0.3, 0.4) is 0 Å². The molecular weight excluding hydrogens is 462 g/mol. The van der Waals surface area contributed by atoms with Crippen LogP contribution in [0.2, 0.25) is 0 Å². The molecule has 0 aromatic heterocycles. The second-order valence-electron chi connectivity index (χ2n) is 9.81. The van der Waals surface area contributed by atoms with Gasteiger partial charge in [0, 0.05) is 6.54 Å². The number of epoxide rings is 1. The molecule has 2 atom stereocenters. The highest BCUT2D eigenvalue weighted by molar-refractivity contribution is 6.11. The molecule has 1 aliphatic heterocycles. The molecule has 2 unspecified atom stereocenters. The highest BCUT2D eigenvalue weighted by Gasteiger charge is 2.41. The first kappa shape index (κ1) is 25.7. The number of ether oxygens (including phenoxy) is 6. The van der Waals surface area contributed by atoms with Crippen molar-refractivity contribution in [2.24, 2.45) is 0 Å². The monoisotopic (exact) mass is 497 g/mol. The third-order valence-electron chi connectivity index (χ3n) is 6.21. The standard InChI is InChI=1S/C28H35NO7/c1-28(2,3)36-27(30)29-10-8-9-21-26(35-21)20-11-16-12-22(31-4)23(32-5)13-17(16)18-14-24(33-6)25(34-7)15-19(18)20/h11-15,21,26H,8-10H2,1-7H3,(H,29,30). The summed E-state index contributed by atoms with van der Waals surface area (Å²) >= 11 is 0. The minimum absolute atomic E-state index is 0.0513. The maximum absolute atomic E-state index is 11.9. The van der Waals surface area contributed by atoms with Crippen molar-refractivity contribution < 1.29 is 33.2 Å². The number of hydrogen-bond acceptors (Lipinski definition) is 7. The molecular formula is C28H35NO7. The van der Waals surface area contributed by atoms with E-state index in [1.807, 2.05) is 45.0 Å². The van der Waals surface area contributed by atoms with E-state index < -0.39 is 11.7 Å². The first-order valence-corrected chi connectivity index (χ1v) is 12.1. The topological polar surface area (TPSA) is 87.8 Å². The van der Waals surface area contributed by atoms with Crippen molar-refractivity contribution in [1.29, 1.82) is 0 Å². The van der Waals surface area contributed by atoms with Crippen LogP contribution in [0.5, 0.6) is 23.0 Å². The normalized spacial score (nSPS) is 17.1. The second-order valence-corrected chi connectivity index (χ2v) is 9.81. The van der Waals surface area contributed by atoms with Gasteiger partial charge in [-0.1, -0.05) is 0 Å². The van der Waals surface area contributed by atoms with E-state index >= 15 is 0 Å². The molecule has 1 amide bonds. The number of hydrogen-bond donors (Lipinski definition) is 1. The Labute approximate surface area is 211 Å². The lowest BCUT2D eigenvalue weighted by Crippen LogP contribution is -2.33. The fourth-order valence-corrected chi connectivity index (χ4v) is 4.51. The Morgan fingerprint density at radius 2 is 1.39 bits per heavy atom. The zero-order valence-electron chi connectivity index (χ0n) is 22.0. The number of carbonyl (C=O) groups is 1. The van der Waals surface area contributed by atoms with E-state index in [1.54, 1.807) is 28.4 Å². The largest absolute Gasteiger partial charge is 0.493 e. The van der Waals surface area contributed by atoms with Crippen LogP contribution in [0, 0.1) is 0 Å². The molecule has 8 nitrogen and oxygen atoms in total. The summed E-state index contributed by atoms with van der Waals surface area (Å²) in [6.07, 6.45) is 1.22. The average Bonchev–Trinajstić information content (AvgIpc) is 3.62. The molecule has 1 fully saturated rings. The van der Waals surface area contributed by atoms with Gasteiger partial charge in [0.05, 0.1) is 34.5 Å². The van der Waals surface area contributed by atoms with Crippen molar-refractivity contribution >= 4 is 27.6 Å². The van der Waals surface area contributed by atoms with Crippen LogP contribution >= 0.6 is 0 Å². The first-order chi connectivity index (χ1) is 17.2. The zero-order chi connectivity index (χ0) is 26.0. The van der Waals surface area contributed by atoms with E-state index in [1.165, 1.54) is 0 Å². The average molecular weight is 498 g/mol. The van der Waals surface area contributed by atoms with Crippen molar-refractivity contribution in [1.82, 2.24) is 5.32 Å². The molecule has 4 rings (SSSR count). The highest BCUT2D eigenvalue weighted by atomic mass is 16.6. The van der Waals surface area contributed by atoms with Gasteiger partial charge >= 0.3 is 6.09 Å². The Bertz CT molecular complexity index is 1260. The number of alkyl carbamates (subject to hydrolysis) is 1. The Hall–Kier alpha value is -3.39. The van der Waals surface area contributed by atoms with Gasteiger partial charge in [0.2, 0.25) is 0 Å². The predicted molar refractivity (Wildman–Crippen MR) is 139 cm³/mol. The number of methoxy groups -OCH3 is 4. The van der Waals surface area contributed by atoms with Gasteiger partial charge in [-0.2, -0.15) is 0 Å². The maximum atomic E-state index is 11.9. The Morgan fingerprint density at radius 3 is 1.97 bits per heavy atom. The number of rotatable bonds is 9. The molecule has 8 heteroatoms. The van der Waals surface area contributed by atoms with Crippen molar-refractivity contribution in [2.45, 2.75) is 51.4 Å². The van der Waals surface area contributed by atoms with Crippen LogP contribution in [0.1, 0.15) is 45.3 Å². The third-order valence-corrected chi connectivity index (χ3v) is 6.21. The third kappa shape index (κ3) is 5.38. The van der Waals surface area contributed by atoms with E-state index in [-0.39, 0.29) is 12.2 Å². The number of nitrogens with one attached hydrogen (secondary N) is 1. The molecule has 0 aliphatic carbocycles. The predicted octanol–water partition coefficient (Wildman–Crippen LogP) is 5.77. The Kier molecular flexibility index (Phi) is 7.36. The van der Waals surface area contributed by atoms with Crippen LogP contribution in [0.15, 0.2) is 30.3 Å². The number of amides is 1. The fraction of sp³-hybridized carbons (Fsp3) is 0.464.